The van der Waals surface area contributed by atoms with Gasteiger partial charge in [0.15, 0.2) is 0 Å². The van der Waals surface area contributed by atoms with Crippen LogP contribution < -0.4 is 5.73 Å². The molecular weight excluding hydrogens is 190 g/mol. The Balaban J connectivity index is 0.000000845. The molecule has 0 atom stereocenters. The summed E-state index contributed by atoms with van der Waals surface area (Å²) in [6.07, 6.45) is 3.24. The van der Waals surface area contributed by atoms with Gasteiger partial charge in [0.2, 0.25) is 0 Å². The van der Waals surface area contributed by atoms with Crippen molar-refractivity contribution >= 4 is 23.8 Å². The zero-order valence-electron chi connectivity index (χ0n) is 6.68. The maximum atomic E-state index is 10.8. The third kappa shape index (κ3) is 1.48. The van der Waals surface area contributed by atoms with Crippen LogP contribution in [0.3, 0.4) is 0 Å². The van der Waals surface area contributed by atoms with Crippen LogP contribution in [0.4, 0.5) is 0 Å². The van der Waals surface area contributed by atoms with E-state index in [0.717, 1.165) is 5.52 Å². The normalized spacial score (nSPS) is 9.54. The largest absolute Gasteiger partial charge is 0.365 e. The fourth-order valence-electron chi connectivity index (χ4n) is 1.12. The molecular formula is C8H8ClN3O. The number of pyridine rings is 1. The van der Waals surface area contributed by atoms with E-state index in [9.17, 15) is 4.79 Å². The van der Waals surface area contributed by atoms with Crippen molar-refractivity contribution in [3.8, 4) is 0 Å². The van der Waals surface area contributed by atoms with Gasteiger partial charge < -0.3 is 5.73 Å². The van der Waals surface area contributed by atoms with E-state index < -0.39 is 5.91 Å². The number of hydrogen-bond acceptors (Lipinski definition) is 2. The van der Waals surface area contributed by atoms with E-state index in [4.69, 9.17) is 5.73 Å². The van der Waals surface area contributed by atoms with E-state index in [0.29, 0.717) is 5.56 Å². The first-order valence-electron chi connectivity index (χ1n) is 3.51. The number of hydrogen-bond donors (Lipinski definition) is 1. The highest BCUT2D eigenvalue weighted by Crippen LogP contribution is 2.07. The molecule has 2 aromatic heterocycles. The van der Waals surface area contributed by atoms with E-state index in [2.05, 4.69) is 5.10 Å². The van der Waals surface area contributed by atoms with E-state index in [1.165, 1.54) is 6.20 Å². The van der Waals surface area contributed by atoms with Crippen LogP contribution in [0.1, 0.15) is 10.4 Å². The van der Waals surface area contributed by atoms with Gasteiger partial charge in [-0.2, -0.15) is 5.10 Å². The minimum absolute atomic E-state index is 0. The fourth-order valence-corrected chi connectivity index (χ4v) is 1.12. The zero-order valence-corrected chi connectivity index (χ0v) is 7.49. The van der Waals surface area contributed by atoms with Crippen molar-refractivity contribution in [3.63, 3.8) is 0 Å². The van der Waals surface area contributed by atoms with Gasteiger partial charge in [0.1, 0.15) is 0 Å². The van der Waals surface area contributed by atoms with Gasteiger partial charge in [-0.05, 0) is 12.1 Å². The number of nitrogens with two attached hydrogens (primary N) is 1. The maximum Gasteiger partial charge on any atom is 0.252 e. The van der Waals surface area contributed by atoms with Crippen LogP contribution in [0.15, 0.2) is 30.6 Å². The van der Waals surface area contributed by atoms with Crippen LogP contribution in [-0.2, 0) is 0 Å². The van der Waals surface area contributed by atoms with Crippen molar-refractivity contribution < 1.29 is 4.79 Å². The molecule has 0 bridgehead atoms. The number of primary amides is 1. The van der Waals surface area contributed by atoms with Crippen molar-refractivity contribution in [2.45, 2.75) is 0 Å². The van der Waals surface area contributed by atoms with Gasteiger partial charge in [0.25, 0.3) is 5.91 Å². The van der Waals surface area contributed by atoms with E-state index in [-0.39, 0.29) is 12.4 Å². The fraction of sp³-hybridized carbons (Fsp3) is 0. The molecule has 0 spiro atoms. The van der Waals surface area contributed by atoms with Crippen molar-refractivity contribution in [1.29, 1.82) is 0 Å². The zero-order chi connectivity index (χ0) is 8.55. The molecule has 0 fully saturated rings. The van der Waals surface area contributed by atoms with Gasteiger partial charge in [0.05, 0.1) is 17.3 Å². The molecule has 68 valence electrons. The lowest BCUT2D eigenvalue weighted by Crippen LogP contribution is -2.10. The van der Waals surface area contributed by atoms with E-state index >= 15 is 0 Å². The molecule has 0 unspecified atom stereocenters. The molecule has 2 N–H and O–H groups in total. The van der Waals surface area contributed by atoms with Gasteiger partial charge in [-0.15, -0.1) is 12.4 Å². The van der Waals surface area contributed by atoms with Crippen LogP contribution in [0.25, 0.3) is 5.52 Å². The van der Waals surface area contributed by atoms with E-state index in [1.807, 2.05) is 12.1 Å². The molecule has 5 heteroatoms. The smallest absolute Gasteiger partial charge is 0.252 e. The topological polar surface area (TPSA) is 60.4 Å². The predicted octanol–water partition coefficient (Wildman–Crippen LogP) is 0.855. The van der Waals surface area contributed by atoms with Crippen LogP contribution >= 0.6 is 12.4 Å². The Labute approximate surface area is 80.8 Å². The summed E-state index contributed by atoms with van der Waals surface area (Å²) in [5.41, 5.74) is 6.33. The maximum absolute atomic E-state index is 10.8. The lowest BCUT2D eigenvalue weighted by Gasteiger charge is -1.91. The molecule has 0 saturated carbocycles. The van der Waals surface area contributed by atoms with Gasteiger partial charge >= 0.3 is 0 Å². The molecule has 2 aromatic rings. The Morgan fingerprint density at radius 2 is 2.23 bits per heavy atom. The molecule has 4 nitrogen and oxygen atoms in total. The summed E-state index contributed by atoms with van der Waals surface area (Å²) in [5, 5.41) is 3.96. The Morgan fingerprint density at radius 1 is 1.46 bits per heavy atom. The number of fused-ring (bicyclic) bond motifs is 1. The van der Waals surface area contributed by atoms with Crippen molar-refractivity contribution in [2.75, 3.05) is 0 Å². The first-order valence-corrected chi connectivity index (χ1v) is 3.51. The minimum Gasteiger partial charge on any atom is -0.365 e. The van der Waals surface area contributed by atoms with Gasteiger partial charge in [-0.3, -0.25) is 4.79 Å². The summed E-state index contributed by atoms with van der Waals surface area (Å²) in [6.45, 7) is 0. The third-order valence-corrected chi connectivity index (χ3v) is 1.69. The van der Waals surface area contributed by atoms with Crippen LogP contribution in [0.2, 0.25) is 0 Å². The number of aromatic nitrogens is 2. The predicted molar refractivity (Wildman–Crippen MR) is 51.0 cm³/mol. The standard InChI is InChI=1S/C8H7N3O.ClH/c9-8(12)6-5-10-11-4-2-1-3-7(6)11;/h1-5H,(H2,9,12);1H. The van der Waals surface area contributed by atoms with Crippen molar-refractivity contribution in [3.05, 3.63) is 36.2 Å². The van der Waals surface area contributed by atoms with E-state index in [1.54, 1.807) is 16.8 Å². The average molecular weight is 198 g/mol. The Hall–Kier alpha value is -1.55. The minimum atomic E-state index is -0.448. The molecule has 0 aliphatic heterocycles. The molecule has 13 heavy (non-hydrogen) atoms. The molecule has 0 aromatic carbocycles. The molecule has 0 aliphatic rings. The molecule has 1 amide bonds. The summed E-state index contributed by atoms with van der Waals surface area (Å²) < 4.78 is 1.61. The van der Waals surface area contributed by atoms with Crippen LogP contribution in [0.5, 0.6) is 0 Å². The highest BCUT2D eigenvalue weighted by molar-refractivity contribution is 5.99. The number of nitrogens with zero attached hydrogens (tertiary/aromatic N) is 2. The summed E-state index contributed by atoms with van der Waals surface area (Å²) in [6, 6.07) is 5.47. The van der Waals surface area contributed by atoms with Crippen LogP contribution in [0, 0.1) is 0 Å². The summed E-state index contributed by atoms with van der Waals surface area (Å²) in [4.78, 5) is 10.8. The molecule has 0 saturated heterocycles. The van der Waals surface area contributed by atoms with Gasteiger partial charge in [-0.25, -0.2) is 4.52 Å². The lowest BCUT2D eigenvalue weighted by molar-refractivity contribution is 0.100. The molecule has 2 rings (SSSR count). The second kappa shape index (κ2) is 3.45. The average Bonchev–Trinajstić information content (AvgIpc) is 2.47. The Bertz CT molecular complexity index is 438. The number of carbonyl (C=O) groups excluding carboxylic acids is 1. The second-order valence-corrected chi connectivity index (χ2v) is 2.45. The Morgan fingerprint density at radius 3 is 2.92 bits per heavy atom. The SMILES string of the molecule is Cl.NC(=O)c1cnn2ccccc12. The third-order valence-electron chi connectivity index (χ3n) is 1.69. The summed E-state index contributed by atoms with van der Waals surface area (Å²) >= 11 is 0. The highest BCUT2D eigenvalue weighted by atomic mass is 35.5. The number of rotatable bonds is 1. The van der Waals surface area contributed by atoms with Gasteiger partial charge in [-0.1, -0.05) is 6.07 Å². The Kier molecular flexibility index (Phi) is 2.53. The van der Waals surface area contributed by atoms with Gasteiger partial charge in [0, 0.05) is 6.20 Å². The van der Waals surface area contributed by atoms with Crippen molar-refractivity contribution in [1.82, 2.24) is 9.61 Å². The molecule has 0 aliphatic carbocycles. The number of amides is 1. The van der Waals surface area contributed by atoms with Crippen molar-refractivity contribution in [2.24, 2.45) is 5.73 Å². The second-order valence-electron chi connectivity index (χ2n) is 2.45. The quantitative estimate of drug-likeness (QED) is 0.737. The summed E-state index contributed by atoms with van der Waals surface area (Å²) in [7, 11) is 0. The first kappa shape index (κ1) is 9.54. The number of halogens is 1. The molecule has 0 radical (unpaired) electrons. The molecule has 2 heterocycles. The lowest BCUT2D eigenvalue weighted by atomic mass is 10.2. The first-order chi connectivity index (χ1) is 5.79. The number of carbonyl (C=O) groups is 1. The monoisotopic (exact) mass is 197 g/mol. The van der Waals surface area contributed by atoms with Crippen LogP contribution in [-0.4, -0.2) is 15.5 Å². The summed E-state index contributed by atoms with van der Waals surface area (Å²) in [5.74, 6) is -0.448. The highest BCUT2D eigenvalue weighted by Gasteiger charge is 2.06.